The Morgan fingerprint density at radius 1 is 1.19 bits per heavy atom. The van der Waals surface area contributed by atoms with E-state index in [1.54, 1.807) is 0 Å². The Morgan fingerprint density at radius 2 is 1.86 bits per heavy atom. The maximum atomic E-state index is 11.9. The van der Waals surface area contributed by atoms with Gasteiger partial charge in [-0.25, -0.2) is 22.9 Å². The Morgan fingerprint density at radius 3 is 2.43 bits per heavy atom. The van der Waals surface area contributed by atoms with Gasteiger partial charge >= 0.3 is 5.97 Å². The molecule has 0 atom stereocenters. The Balaban J connectivity index is 2.41. The lowest BCUT2D eigenvalue weighted by Gasteiger charge is -2.06. The van der Waals surface area contributed by atoms with E-state index in [0.717, 1.165) is 25.5 Å². The van der Waals surface area contributed by atoms with Gasteiger partial charge in [0, 0.05) is 12.7 Å². The molecule has 0 unspecified atom stereocenters. The first-order valence-corrected chi connectivity index (χ1v) is 8.64. The van der Waals surface area contributed by atoms with Gasteiger partial charge < -0.3 is 5.11 Å². The predicted molar refractivity (Wildman–Crippen MR) is 79.8 cm³/mol. The van der Waals surface area contributed by atoms with Crippen LogP contribution in [0.4, 0.5) is 0 Å². The lowest BCUT2D eigenvalue weighted by molar-refractivity contribution is 0.0696. The number of pyridine rings is 1. The summed E-state index contributed by atoms with van der Waals surface area (Å²) in [6, 6.07) is 2.43. The van der Waals surface area contributed by atoms with Crippen molar-refractivity contribution in [2.75, 3.05) is 6.54 Å². The summed E-state index contributed by atoms with van der Waals surface area (Å²) >= 11 is 0. The highest BCUT2D eigenvalue weighted by atomic mass is 32.2. The van der Waals surface area contributed by atoms with Crippen molar-refractivity contribution in [2.24, 2.45) is 0 Å². The van der Waals surface area contributed by atoms with Crippen molar-refractivity contribution in [1.29, 1.82) is 0 Å². The van der Waals surface area contributed by atoms with E-state index in [-0.39, 0.29) is 10.6 Å². The maximum absolute atomic E-state index is 11.9. The zero-order valence-corrected chi connectivity index (χ0v) is 13.0. The number of hydrogen-bond acceptors (Lipinski definition) is 4. The summed E-state index contributed by atoms with van der Waals surface area (Å²) in [5, 5.41) is 8.58. The first kappa shape index (κ1) is 17.6. The van der Waals surface area contributed by atoms with Gasteiger partial charge in [0.1, 0.15) is 0 Å². The van der Waals surface area contributed by atoms with Crippen LogP contribution in [0.3, 0.4) is 0 Å². The van der Waals surface area contributed by atoms with E-state index in [2.05, 4.69) is 16.6 Å². The van der Waals surface area contributed by atoms with Crippen LogP contribution in [0.1, 0.15) is 55.8 Å². The molecule has 0 aliphatic carbocycles. The number of unbranched alkanes of at least 4 members (excludes halogenated alkanes) is 5. The van der Waals surface area contributed by atoms with Crippen LogP contribution < -0.4 is 4.72 Å². The highest BCUT2D eigenvalue weighted by molar-refractivity contribution is 7.89. The second-order valence-corrected chi connectivity index (χ2v) is 6.57. The summed E-state index contributed by atoms with van der Waals surface area (Å²) in [6.45, 7) is 2.52. The van der Waals surface area contributed by atoms with Gasteiger partial charge in [0.25, 0.3) is 10.0 Å². The molecular weight excluding hydrogens is 292 g/mol. The SMILES string of the molecule is CCCCCCCCNS(=O)(=O)c1ccc(C(=O)O)cn1. The minimum Gasteiger partial charge on any atom is -0.478 e. The lowest BCUT2D eigenvalue weighted by Crippen LogP contribution is -2.25. The van der Waals surface area contributed by atoms with Crippen LogP contribution in [0, 0.1) is 0 Å². The van der Waals surface area contributed by atoms with Crippen LogP contribution in [-0.4, -0.2) is 31.0 Å². The molecule has 0 aromatic carbocycles. The molecule has 0 radical (unpaired) electrons. The lowest BCUT2D eigenvalue weighted by atomic mass is 10.1. The molecule has 1 heterocycles. The van der Waals surface area contributed by atoms with Crippen LogP contribution in [-0.2, 0) is 10.0 Å². The molecule has 0 fully saturated rings. The minimum atomic E-state index is -3.65. The molecule has 118 valence electrons. The van der Waals surface area contributed by atoms with Crippen molar-refractivity contribution in [1.82, 2.24) is 9.71 Å². The van der Waals surface area contributed by atoms with Crippen LogP contribution in [0.5, 0.6) is 0 Å². The minimum absolute atomic E-state index is 0.0372. The van der Waals surface area contributed by atoms with E-state index < -0.39 is 16.0 Å². The van der Waals surface area contributed by atoms with E-state index in [9.17, 15) is 13.2 Å². The van der Waals surface area contributed by atoms with Gasteiger partial charge in [-0.2, -0.15) is 0 Å². The third kappa shape index (κ3) is 6.22. The van der Waals surface area contributed by atoms with Gasteiger partial charge in [0.15, 0.2) is 5.03 Å². The molecule has 1 rings (SSSR count). The van der Waals surface area contributed by atoms with E-state index in [0.29, 0.717) is 6.54 Å². The summed E-state index contributed by atoms with van der Waals surface area (Å²) < 4.78 is 26.3. The molecular formula is C14H22N2O4S. The number of aromatic carboxylic acids is 1. The Kier molecular flexibility index (Phi) is 7.31. The zero-order chi connectivity index (χ0) is 15.7. The van der Waals surface area contributed by atoms with Gasteiger partial charge in [-0.3, -0.25) is 0 Å². The van der Waals surface area contributed by atoms with Crippen LogP contribution in [0.2, 0.25) is 0 Å². The second-order valence-electron chi connectivity index (χ2n) is 4.86. The number of rotatable bonds is 10. The normalized spacial score (nSPS) is 11.5. The molecule has 21 heavy (non-hydrogen) atoms. The van der Waals surface area contributed by atoms with Crippen molar-refractivity contribution in [3.63, 3.8) is 0 Å². The summed E-state index contributed by atoms with van der Waals surface area (Å²) in [7, 11) is -3.65. The third-order valence-corrected chi connectivity index (χ3v) is 4.46. The number of carboxylic acids is 1. The quantitative estimate of drug-likeness (QED) is 0.646. The Bertz CT molecular complexity index is 541. The van der Waals surface area contributed by atoms with Gasteiger partial charge in [-0.15, -0.1) is 0 Å². The second kappa shape index (κ2) is 8.74. The standard InChI is InChI=1S/C14H22N2O4S/c1-2-3-4-5-6-7-10-16-21(19,20)13-9-8-12(11-15-13)14(17)18/h8-9,11,16H,2-7,10H2,1H3,(H,17,18). The molecule has 6 nitrogen and oxygen atoms in total. The first-order valence-electron chi connectivity index (χ1n) is 7.16. The van der Waals surface area contributed by atoms with Crippen molar-refractivity contribution in [3.8, 4) is 0 Å². The molecule has 2 N–H and O–H groups in total. The Hall–Kier alpha value is -1.47. The zero-order valence-electron chi connectivity index (χ0n) is 12.2. The molecule has 0 aliphatic rings. The smallest absolute Gasteiger partial charge is 0.337 e. The Labute approximate surface area is 125 Å². The van der Waals surface area contributed by atoms with Gasteiger partial charge in [0.2, 0.25) is 0 Å². The number of carboxylic acid groups (broad SMARTS) is 1. The highest BCUT2D eigenvalue weighted by Crippen LogP contribution is 2.08. The topological polar surface area (TPSA) is 96.4 Å². The molecule has 1 aromatic rings. The van der Waals surface area contributed by atoms with E-state index >= 15 is 0 Å². The molecule has 0 saturated heterocycles. The van der Waals surface area contributed by atoms with Gasteiger partial charge in [-0.1, -0.05) is 39.0 Å². The van der Waals surface area contributed by atoms with E-state index in [4.69, 9.17) is 5.11 Å². The fourth-order valence-corrected chi connectivity index (χ4v) is 2.85. The third-order valence-electron chi connectivity index (χ3n) is 3.08. The summed E-state index contributed by atoms with van der Waals surface area (Å²) in [5.74, 6) is -1.13. The van der Waals surface area contributed by atoms with Crippen molar-refractivity contribution < 1.29 is 18.3 Å². The maximum Gasteiger partial charge on any atom is 0.337 e. The van der Waals surface area contributed by atoms with Crippen LogP contribution >= 0.6 is 0 Å². The largest absolute Gasteiger partial charge is 0.478 e. The average Bonchev–Trinajstić information content (AvgIpc) is 2.46. The number of carbonyl (C=O) groups is 1. The molecule has 0 saturated carbocycles. The van der Waals surface area contributed by atoms with E-state index in [1.165, 1.54) is 31.4 Å². The number of nitrogens with zero attached hydrogens (tertiary/aromatic N) is 1. The predicted octanol–water partition coefficient (Wildman–Crippen LogP) is 2.42. The van der Waals surface area contributed by atoms with Crippen molar-refractivity contribution in [2.45, 2.75) is 50.5 Å². The van der Waals surface area contributed by atoms with Gasteiger partial charge in [-0.05, 0) is 18.6 Å². The summed E-state index contributed by atoms with van der Waals surface area (Å²) in [6.07, 6.45) is 7.52. The molecule has 1 aromatic heterocycles. The monoisotopic (exact) mass is 314 g/mol. The fraction of sp³-hybridized carbons (Fsp3) is 0.571. The molecule has 0 amide bonds. The van der Waals surface area contributed by atoms with Gasteiger partial charge in [0.05, 0.1) is 5.56 Å². The van der Waals surface area contributed by atoms with Crippen molar-refractivity contribution >= 4 is 16.0 Å². The molecule has 0 aliphatic heterocycles. The fourth-order valence-electron chi connectivity index (χ4n) is 1.85. The highest BCUT2D eigenvalue weighted by Gasteiger charge is 2.15. The number of sulfonamides is 1. The van der Waals surface area contributed by atoms with E-state index in [1.807, 2.05) is 0 Å². The number of nitrogens with one attached hydrogen (secondary N) is 1. The summed E-state index contributed by atoms with van der Waals surface area (Å²) in [4.78, 5) is 14.4. The summed E-state index contributed by atoms with van der Waals surface area (Å²) in [5.41, 5.74) is -0.0372. The number of aromatic nitrogens is 1. The molecule has 0 bridgehead atoms. The molecule has 0 spiro atoms. The molecule has 7 heteroatoms. The average molecular weight is 314 g/mol. The van der Waals surface area contributed by atoms with Crippen LogP contribution in [0.25, 0.3) is 0 Å². The van der Waals surface area contributed by atoms with Crippen LogP contribution in [0.15, 0.2) is 23.4 Å². The first-order chi connectivity index (χ1) is 9.97. The van der Waals surface area contributed by atoms with Crippen molar-refractivity contribution in [3.05, 3.63) is 23.9 Å². The number of hydrogen-bond donors (Lipinski definition) is 2.